The van der Waals surface area contributed by atoms with Crippen LogP contribution in [0.4, 0.5) is 0 Å². The van der Waals surface area contributed by atoms with E-state index in [1.807, 2.05) is 19.9 Å². The van der Waals surface area contributed by atoms with Crippen molar-refractivity contribution in [1.29, 1.82) is 0 Å². The third-order valence-electron chi connectivity index (χ3n) is 5.66. The summed E-state index contributed by atoms with van der Waals surface area (Å²) in [6, 6.07) is 6.82. The van der Waals surface area contributed by atoms with Crippen LogP contribution in [0, 0.1) is 0 Å². The van der Waals surface area contributed by atoms with Crippen LogP contribution in [0.5, 0.6) is 5.75 Å². The SMILES string of the molecule is CC1OC(C2=CS[C@H]3C(NC(=O)COc4ccccc4)C(=O)N3C2C(=O)OCC(Cl)(Cl)Cl)OC1C. The number of carbonyl (C=O) groups is 3. The Bertz CT molecular complexity index is 997. The molecule has 4 rings (SSSR count). The minimum atomic E-state index is -1.82. The summed E-state index contributed by atoms with van der Waals surface area (Å²) in [5.41, 5.74) is 0.405. The van der Waals surface area contributed by atoms with Gasteiger partial charge in [0.2, 0.25) is 9.70 Å². The van der Waals surface area contributed by atoms with Gasteiger partial charge in [-0.25, -0.2) is 4.79 Å². The van der Waals surface area contributed by atoms with Crippen molar-refractivity contribution in [3.8, 4) is 5.75 Å². The molecule has 3 aliphatic rings. The second-order valence-corrected chi connectivity index (χ2v) is 11.7. The van der Waals surface area contributed by atoms with Gasteiger partial charge in [0.05, 0.1) is 12.2 Å². The number of β-lactam (4-membered cyclic amide) rings is 1. The molecule has 1 aromatic carbocycles. The predicted octanol–water partition coefficient (Wildman–Crippen LogP) is 2.78. The molecule has 0 radical (unpaired) electrons. The molecule has 4 unspecified atom stereocenters. The Labute approximate surface area is 221 Å². The third kappa shape index (κ3) is 6.00. The lowest BCUT2D eigenvalue weighted by Gasteiger charge is -2.52. The third-order valence-corrected chi connectivity index (χ3v) is 7.17. The molecule has 35 heavy (non-hydrogen) atoms. The quantitative estimate of drug-likeness (QED) is 0.306. The van der Waals surface area contributed by atoms with Crippen molar-refractivity contribution in [1.82, 2.24) is 10.2 Å². The number of benzene rings is 1. The molecule has 0 bridgehead atoms. The lowest BCUT2D eigenvalue weighted by atomic mass is 9.97. The number of nitrogens with zero attached hydrogens (tertiary/aromatic N) is 1. The highest BCUT2D eigenvalue weighted by Gasteiger charge is 2.58. The zero-order valence-corrected chi connectivity index (χ0v) is 21.8. The summed E-state index contributed by atoms with van der Waals surface area (Å²) in [5, 5.41) is 3.82. The zero-order chi connectivity index (χ0) is 25.3. The highest BCUT2D eigenvalue weighted by molar-refractivity contribution is 8.03. The number of thioether (sulfide) groups is 1. The first-order valence-electron chi connectivity index (χ1n) is 10.7. The van der Waals surface area contributed by atoms with Gasteiger partial charge >= 0.3 is 5.97 Å². The number of rotatable bonds is 7. The standard InChI is InChI=1S/C22H23Cl3N2O7S/c1-11-12(2)34-21(33-11)14-9-35-19-16(26-15(28)8-31-13-6-4-3-5-7-13)18(29)27(19)17(14)20(30)32-10-22(23,24)25/h3-7,9,11-12,16-17,19,21H,8,10H2,1-2H3,(H,26,28)/t11?,12?,16?,17?,19-,21?/m0/s1. The minimum Gasteiger partial charge on any atom is -0.484 e. The monoisotopic (exact) mass is 564 g/mol. The van der Waals surface area contributed by atoms with Crippen molar-refractivity contribution in [2.75, 3.05) is 13.2 Å². The van der Waals surface area contributed by atoms with Gasteiger partial charge in [0.15, 0.2) is 18.9 Å². The number of esters is 1. The molecule has 3 aliphatic heterocycles. The fourth-order valence-corrected chi connectivity index (χ4v) is 5.16. The van der Waals surface area contributed by atoms with Crippen LogP contribution in [0.1, 0.15) is 13.8 Å². The molecule has 2 fully saturated rings. The van der Waals surface area contributed by atoms with Crippen molar-refractivity contribution < 1.29 is 33.3 Å². The number of fused-ring (bicyclic) bond motifs is 1. The Morgan fingerprint density at radius 3 is 2.43 bits per heavy atom. The van der Waals surface area contributed by atoms with Gasteiger partial charge < -0.3 is 29.2 Å². The molecule has 13 heteroatoms. The lowest BCUT2D eigenvalue weighted by Crippen LogP contribution is -2.74. The van der Waals surface area contributed by atoms with E-state index in [0.29, 0.717) is 11.3 Å². The number of hydrogen-bond donors (Lipinski definition) is 1. The van der Waals surface area contributed by atoms with E-state index in [1.165, 1.54) is 16.7 Å². The van der Waals surface area contributed by atoms with Gasteiger partial charge in [-0.2, -0.15) is 0 Å². The highest BCUT2D eigenvalue weighted by Crippen LogP contribution is 2.43. The van der Waals surface area contributed by atoms with E-state index in [4.69, 9.17) is 53.8 Å². The van der Waals surface area contributed by atoms with Gasteiger partial charge in [-0.05, 0) is 31.4 Å². The van der Waals surface area contributed by atoms with E-state index in [2.05, 4.69) is 5.32 Å². The second-order valence-electron chi connectivity index (χ2n) is 8.18. The summed E-state index contributed by atoms with van der Waals surface area (Å²) in [6.07, 6.45) is -1.28. The number of halogens is 3. The smallest absolute Gasteiger partial charge is 0.333 e. The van der Waals surface area contributed by atoms with Gasteiger partial charge in [-0.3, -0.25) is 9.59 Å². The van der Waals surface area contributed by atoms with Crippen LogP contribution in [-0.2, 0) is 28.6 Å². The summed E-state index contributed by atoms with van der Waals surface area (Å²) >= 11 is 18.4. The predicted molar refractivity (Wildman–Crippen MR) is 130 cm³/mol. The molecule has 3 heterocycles. The van der Waals surface area contributed by atoms with Crippen LogP contribution in [0.3, 0.4) is 0 Å². The molecule has 2 saturated heterocycles. The van der Waals surface area contributed by atoms with E-state index in [-0.39, 0.29) is 18.8 Å². The molecule has 1 N–H and O–H groups in total. The van der Waals surface area contributed by atoms with E-state index in [9.17, 15) is 14.4 Å². The Morgan fingerprint density at radius 1 is 1.14 bits per heavy atom. The second kappa shape index (κ2) is 10.7. The molecule has 2 amide bonds. The molecular weight excluding hydrogens is 543 g/mol. The molecular formula is C22H23Cl3N2O7S. The number of hydrogen-bond acceptors (Lipinski definition) is 8. The molecule has 9 nitrogen and oxygen atoms in total. The van der Waals surface area contributed by atoms with E-state index < -0.39 is 51.9 Å². The van der Waals surface area contributed by atoms with Crippen molar-refractivity contribution in [3.63, 3.8) is 0 Å². The first-order valence-corrected chi connectivity index (χ1v) is 12.8. The first kappa shape index (κ1) is 26.4. The van der Waals surface area contributed by atoms with E-state index >= 15 is 0 Å². The van der Waals surface area contributed by atoms with Gasteiger partial charge in [0.25, 0.3) is 5.91 Å². The normalized spacial score (nSPS) is 30.1. The Kier molecular flexibility index (Phi) is 8.09. The molecule has 190 valence electrons. The summed E-state index contributed by atoms with van der Waals surface area (Å²) in [4.78, 5) is 39.8. The number of ether oxygens (including phenoxy) is 4. The fraction of sp³-hybridized carbons (Fsp3) is 0.500. The average molecular weight is 566 g/mol. The minimum absolute atomic E-state index is 0.217. The zero-order valence-electron chi connectivity index (χ0n) is 18.7. The van der Waals surface area contributed by atoms with Gasteiger partial charge in [-0.1, -0.05) is 53.0 Å². The number of amides is 2. The van der Waals surface area contributed by atoms with E-state index in [1.54, 1.807) is 29.7 Å². The summed E-state index contributed by atoms with van der Waals surface area (Å²) < 4.78 is 20.5. The van der Waals surface area contributed by atoms with Crippen LogP contribution >= 0.6 is 46.6 Å². The maximum absolute atomic E-state index is 13.1. The number of alkyl halides is 3. The maximum atomic E-state index is 13.1. The van der Waals surface area contributed by atoms with Crippen LogP contribution in [0.15, 0.2) is 41.3 Å². The van der Waals surface area contributed by atoms with Crippen molar-refractivity contribution in [2.45, 2.75) is 53.6 Å². The van der Waals surface area contributed by atoms with Crippen molar-refractivity contribution >= 4 is 64.3 Å². The van der Waals surface area contributed by atoms with Crippen LogP contribution < -0.4 is 10.1 Å². The van der Waals surface area contributed by atoms with E-state index in [0.717, 1.165) is 0 Å². The molecule has 0 aliphatic carbocycles. The summed E-state index contributed by atoms with van der Waals surface area (Å²) in [5.74, 6) is -1.20. The van der Waals surface area contributed by atoms with Crippen LogP contribution in [-0.4, -0.2) is 75.6 Å². The topological polar surface area (TPSA) is 103 Å². The Hall–Kier alpha value is -1.69. The molecule has 1 aromatic rings. The maximum Gasteiger partial charge on any atom is 0.333 e. The molecule has 0 saturated carbocycles. The van der Waals surface area contributed by atoms with Crippen molar-refractivity contribution in [2.24, 2.45) is 0 Å². The fourth-order valence-electron chi connectivity index (χ4n) is 3.76. The lowest BCUT2D eigenvalue weighted by molar-refractivity contribution is -0.165. The van der Waals surface area contributed by atoms with Gasteiger partial charge in [-0.15, -0.1) is 11.8 Å². The molecule has 0 aromatic heterocycles. The number of para-hydroxylation sites is 1. The van der Waals surface area contributed by atoms with Crippen LogP contribution in [0.25, 0.3) is 0 Å². The van der Waals surface area contributed by atoms with Crippen molar-refractivity contribution in [3.05, 3.63) is 41.3 Å². The summed E-state index contributed by atoms with van der Waals surface area (Å²) in [6.45, 7) is 2.92. The Morgan fingerprint density at radius 2 is 1.80 bits per heavy atom. The van der Waals surface area contributed by atoms with Gasteiger partial charge in [0.1, 0.15) is 23.8 Å². The summed E-state index contributed by atoms with van der Waals surface area (Å²) in [7, 11) is 0. The highest BCUT2D eigenvalue weighted by atomic mass is 35.6. The van der Waals surface area contributed by atoms with Crippen LogP contribution in [0.2, 0.25) is 0 Å². The first-order chi connectivity index (χ1) is 16.5. The number of nitrogens with one attached hydrogen (secondary N) is 1. The molecule has 0 spiro atoms. The molecule has 5 atom stereocenters. The van der Waals surface area contributed by atoms with Gasteiger partial charge in [0, 0.05) is 5.57 Å². The largest absolute Gasteiger partial charge is 0.484 e. The number of carbonyl (C=O) groups excluding carboxylic acids is 3. The average Bonchev–Trinajstić information content (AvgIpc) is 3.16. The Balaban J connectivity index is 1.46.